The van der Waals surface area contributed by atoms with Crippen LogP contribution < -0.4 is 10.6 Å². The van der Waals surface area contributed by atoms with Crippen molar-refractivity contribution in [3.63, 3.8) is 0 Å². The van der Waals surface area contributed by atoms with Gasteiger partial charge >= 0.3 is 0 Å². The molecule has 0 unspecified atom stereocenters. The fourth-order valence-corrected chi connectivity index (χ4v) is 4.17. The Bertz CT molecular complexity index is 740. The monoisotopic (exact) mass is 369 g/mol. The third-order valence-electron chi connectivity index (χ3n) is 5.92. The average Bonchev–Trinajstić information content (AvgIpc) is 3.02. The van der Waals surface area contributed by atoms with Crippen LogP contribution in [0.1, 0.15) is 37.4 Å². The van der Waals surface area contributed by atoms with Crippen LogP contribution in [0, 0.1) is 12.8 Å². The van der Waals surface area contributed by atoms with Gasteiger partial charge in [0.15, 0.2) is 5.96 Å². The summed E-state index contributed by atoms with van der Waals surface area (Å²) < 4.78 is 0. The number of aromatic nitrogens is 1. The summed E-state index contributed by atoms with van der Waals surface area (Å²) in [5.74, 6) is 1.77. The number of aliphatic imine (C=N–C) groups is 1. The van der Waals surface area contributed by atoms with E-state index in [4.69, 9.17) is 0 Å². The van der Waals surface area contributed by atoms with Gasteiger partial charge in [0.2, 0.25) is 0 Å². The normalized spacial score (nSPS) is 16.8. The third kappa shape index (κ3) is 5.25. The van der Waals surface area contributed by atoms with Gasteiger partial charge in [-0.3, -0.25) is 4.99 Å². The second-order valence-corrected chi connectivity index (χ2v) is 7.62. The molecule has 0 bridgehead atoms. The summed E-state index contributed by atoms with van der Waals surface area (Å²) in [6, 6.07) is 8.53. The van der Waals surface area contributed by atoms with Crippen LogP contribution in [0.4, 0.5) is 0 Å². The van der Waals surface area contributed by atoms with E-state index < -0.39 is 0 Å². The summed E-state index contributed by atoms with van der Waals surface area (Å²) in [7, 11) is 1.85. The highest BCUT2D eigenvalue weighted by atomic mass is 15.2. The lowest BCUT2D eigenvalue weighted by atomic mass is 9.93. The molecule has 0 amide bonds. The molecule has 0 radical (unpaired) electrons. The van der Waals surface area contributed by atoms with E-state index in [1.165, 1.54) is 61.1 Å². The molecule has 1 aromatic carbocycles. The minimum Gasteiger partial charge on any atom is -0.358 e. The first kappa shape index (κ1) is 19.7. The molecule has 0 aliphatic carbocycles. The summed E-state index contributed by atoms with van der Waals surface area (Å²) in [5.41, 5.74) is 3.89. The fraction of sp³-hybridized carbons (Fsp3) is 0.591. The van der Waals surface area contributed by atoms with Gasteiger partial charge in [-0.05, 0) is 69.8 Å². The smallest absolute Gasteiger partial charge is 0.190 e. The number of para-hydroxylation sites is 1. The summed E-state index contributed by atoms with van der Waals surface area (Å²) in [6.45, 7) is 10.0. The maximum absolute atomic E-state index is 4.38. The molecule has 3 N–H and O–H groups in total. The number of rotatable bonds is 7. The van der Waals surface area contributed by atoms with Crippen LogP contribution in [0.15, 0.2) is 29.3 Å². The molecule has 5 heteroatoms. The molecule has 2 aromatic rings. The zero-order valence-corrected chi connectivity index (χ0v) is 17.1. The Morgan fingerprint density at radius 2 is 1.93 bits per heavy atom. The van der Waals surface area contributed by atoms with Crippen molar-refractivity contribution in [2.75, 3.05) is 39.8 Å². The number of nitrogens with one attached hydrogen (secondary N) is 3. The number of H-pyrrole nitrogens is 1. The average molecular weight is 370 g/mol. The number of fused-ring (bicyclic) bond motifs is 1. The number of guanidine groups is 1. The zero-order valence-electron chi connectivity index (χ0n) is 17.1. The molecule has 148 valence electrons. The Balaban J connectivity index is 1.40. The lowest BCUT2D eigenvalue weighted by molar-refractivity contribution is 0.187. The minimum atomic E-state index is 0.854. The van der Waals surface area contributed by atoms with E-state index in [-0.39, 0.29) is 0 Å². The van der Waals surface area contributed by atoms with Crippen LogP contribution in [-0.4, -0.2) is 55.6 Å². The molecule has 1 fully saturated rings. The van der Waals surface area contributed by atoms with Gasteiger partial charge in [0.25, 0.3) is 0 Å². The van der Waals surface area contributed by atoms with Gasteiger partial charge in [-0.1, -0.05) is 25.1 Å². The van der Waals surface area contributed by atoms with Crippen molar-refractivity contribution < 1.29 is 0 Å². The Morgan fingerprint density at radius 3 is 2.67 bits per heavy atom. The number of piperidine rings is 1. The van der Waals surface area contributed by atoms with Crippen molar-refractivity contribution in [2.24, 2.45) is 10.9 Å². The van der Waals surface area contributed by atoms with Crippen molar-refractivity contribution in [3.05, 3.63) is 35.5 Å². The van der Waals surface area contributed by atoms with E-state index in [0.717, 1.165) is 31.4 Å². The molecule has 1 aliphatic rings. The molecule has 27 heavy (non-hydrogen) atoms. The van der Waals surface area contributed by atoms with E-state index in [0.29, 0.717) is 0 Å². The summed E-state index contributed by atoms with van der Waals surface area (Å²) in [4.78, 5) is 10.4. The van der Waals surface area contributed by atoms with E-state index >= 15 is 0 Å². The van der Waals surface area contributed by atoms with Crippen LogP contribution in [0.5, 0.6) is 0 Å². The maximum atomic E-state index is 4.38. The maximum Gasteiger partial charge on any atom is 0.190 e. The summed E-state index contributed by atoms with van der Waals surface area (Å²) >= 11 is 0. The van der Waals surface area contributed by atoms with Crippen molar-refractivity contribution in [2.45, 2.75) is 39.5 Å². The number of aryl methyl sites for hydroxylation is 1. The molecule has 0 atom stereocenters. The molecule has 0 spiro atoms. The molecule has 0 saturated carbocycles. The van der Waals surface area contributed by atoms with Crippen LogP contribution in [0.2, 0.25) is 0 Å². The predicted octanol–water partition coefficient (Wildman–Crippen LogP) is 3.31. The van der Waals surface area contributed by atoms with Gasteiger partial charge < -0.3 is 20.5 Å². The van der Waals surface area contributed by atoms with Gasteiger partial charge in [0, 0.05) is 36.7 Å². The second-order valence-electron chi connectivity index (χ2n) is 7.62. The van der Waals surface area contributed by atoms with Gasteiger partial charge in [0.1, 0.15) is 0 Å². The first-order valence-electron chi connectivity index (χ1n) is 10.4. The van der Waals surface area contributed by atoms with Crippen LogP contribution in [0.3, 0.4) is 0 Å². The van der Waals surface area contributed by atoms with Gasteiger partial charge in [-0.25, -0.2) is 0 Å². The van der Waals surface area contributed by atoms with E-state index in [1.54, 1.807) is 0 Å². The minimum absolute atomic E-state index is 0.854. The molecular formula is C22H35N5. The Hall–Kier alpha value is -2.01. The standard InChI is InChI=1S/C22H35N5/c1-4-27-15-11-18(12-16-27)9-13-24-22(23-3)25-14-10-19-17(2)26-21-8-6-5-7-20(19)21/h5-8,18,26H,4,9-16H2,1-3H3,(H2,23,24,25). The van der Waals surface area contributed by atoms with Gasteiger partial charge in [-0.15, -0.1) is 0 Å². The summed E-state index contributed by atoms with van der Waals surface area (Å²) in [5, 5.41) is 8.29. The highest BCUT2D eigenvalue weighted by Gasteiger charge is 2.17. The van der Waals surface area contributed by atoms with Gasteiger partial charge in [-0.2, -0.15) is 0 Å². The second kappa shape index (κ2) is 9.79. The van der Waals surface area contributed by atoms with Crippen molar-refractivity contribution in [1.82, 2.24) is 20.5 Å². The molecule has 5 nitrogen and oxygen atoms in total. The van der Waals surface area contributed by atoms with Crippen LogP contribution in [0.25, 0.3) is 10.9 Å². The SMILES string of the molecule is CCN1CCC(CCNC(=NC)NCCc2c(C)[nH]c3ccccc23)CC1. The number of benzene rings is 1. The molecule has 1 aliphatic heterocycles. The number of hydrogen-bond acceptors (Lipinski definition) is 2. The Kier molecular flexibility index (Phi) is 7.16. The first-order valence-corrected chi connectivity index (χ1v) is 10.4. The fourth-order valence-electron chi connectivity index (χ4n) is 4.17. The molecule has 1 aromatic heterocycles. The van der Waals surface area contributed by atoms with Crippen LogP contribution in [-0.2, 0) is 6.42 Å². The van der Waals surface area contributed by atoms with Crippen LogP contribution >= 0.6 is 0 Å². The molecular weight excluding hydrogens is 334 g/mol. The Morgan fingerprint density at radius 1 is 1.19 bits per heavy atom. The number of aromatic amines is 1. The van der Waals surface area contributed by atoms with E-state index in [2.05, 4.69) is 63.6 Å². The Labute approximate surface area is 163 Å². The van der Waals surface area contributed by atoms with Gasteiger partial charge in [0.05, 0.1) is 0 Å². The van der Waals surface area contributed by atoms with E-state index in [9.17, 15) is 0 Å². The summed E-state index contributed by atoms with van der Waals surface area (Å²) in [6.07, 6.45) is 4.90. The number of hydrogen-bond donors (Lipinski definition) is 3. The quantitative estimate of drug-likeness (QED) is 0.518. The van der Waals surface area contributed by atoms with Crippen molar-refractivity contribution in [1.29, 1.82) is 0 Å². The largest absolute Gasteiger partial charge is 0.358 e. The highest BCUT2D eigenvalue weighted by molar-refractivity contribution is 5.84. The molecule has 1 saturated heterocycles. The molecule has 3 rings (SSSR count). The predicted molar refractivity (Wildman–Crippen MR) is 116 cm³/mol. The third-order valence-corrected chi connectivity index (χ3v) is 5.92. The lowest BCUT2D eigenvalue weighted by Crippen LogP contribution is -2.40. The van der Waals surface area contributed by atoms with E-state index in [1.807, 2.05) is 7.05 Å². The topological polar surface area (TPSA) is 55.4 Å². The van der Waals surface area contributed by atoms with Crippen molar-refractivity contribution >= 4 is 16.9 Å². The highest BCUT2D eigenvalue weighted by Crippen LogP contribution is 2.22. The molecule has 2 heterocycles. The first-order chi connectivity index (χ1) is 13.2. The van der Waals surface area contributed by atoms with Crippen molar-refractivity contribution in [3.8, 4) is 0 Å². The number of nitrogens with zero attached hydrogens (tertiary/aromatic N) is 2. The number of likely N-dealkylation sites (tertiary alicyclic amines) is 1. The lowest BCUT2D eigenvalue weighted by Gasteiger charge is -2.31. The zero-order chi connectivity index (χ0) is 19.1.